The van der Waals surface area contributed by atoms with Crippen molar-refractivity contribution in [1.82, 2.24) is 33.6 Å². The van der Waals surface area contributed by atoms with E-state index in [1.54, 1.807) is 30.8 Å². The Labute approximate surface area is 264 Å². The van der Waals surface area contributed by atoms with E-state index >= 15 is 0 Å². The number of aryl methyl sites for hydroxylation is 2. The maximum Gasteiger partial charge on any atom is 0.254 e. The van der Waals surface area contributed by atoms with Gasteiger partial charge in [0, 0.05) is 54.9 Å². The highest BCUT2D eigenvalue weighted by Crippen LogP contribution is 2.40. The number of nitrogens with two attached hydrogens (primary N) is 1. The molecule has 0 spiro atoms. The first-order valence-corrected chi connectivity index (χ1v) is 16.1. The van der Waals surface area contributed by atoms with Gasteiger partial charge in [-0.3, -0.25) is 4.79 Å². The van der Waals surface area contributed by atoms with Crippen molar-refractivity contribution < 1.29 is 13.9 Å². The van der Waals surface area contributed by atoms with Crippen LogP contribution >= 0.6 is 0 Å². The maximum atomic E-state index is 14.7. The van der Waals surface area contributed by atoms with Crippen molar-refractivity contribution in [2.24, 2.45) is 24.6 Å². The molecule has 2 bridgehead atoms. The van der Waals surface area contributed by atoms with E-state index in [4.69, 9.17) is 20.4 Å². The summed E-state index contributed by atoms with van der Waals surface area (Å²) in [6.45, 7) is 3.20. The SMILES string of the molecule is COc1cc(C(=O)N2CC3CCC2[C@@H]3N)cc2nc(-c3cc4ccc(-c5ccn6nc(C)c(F)c6c5)nc4n3CC3CC3)n(C)c12. The normalized spacial score (nSPS) is 21.0. The average Bonchev–Trinajstić information content (AvgIpc) is 3.26. The van der Waals surface area contributed by atoms with Crippen LogP contribution in [-0.2, 0) is 13.6 Å². The van der Waals surface area contributed by atoms with E-state index < -0.39 is 0 Å². The molecule has 2 aliphatic carbocycles. The van der Waals surface area contributed by atoms with Gasteiger partial charge in [0.25, 0.3) is 5.91 Å². The smallest absolute Gasteiger partial charge is 0.254 e. The molecule has 2 N–H and O–H groups in total. The molecule has 234 valence electrons. The Morgan fingerprint density at radius 2 is 1.93 bits per heavy atom. The third-order valence-corrected chi connectivity index (χ3v) is 10.5. The predicted molar refractivity (Wildman–Crippen MR) is 173 cm³/mol. The number of ether oxygens (including phenoxy) is 1. The number of pyridine rings is 2. The van der Waals surface area contributed by atoms with Crippen molar-refractivity contribution in [1.29, 1.82) is 0 Å². The number of aromatic nitrogens is 6. The minimum atomic E-state index is -0.319. The Morgan fingerprint density at radius 1 is 1.09 bits per heavy atom. The van der Waals surface area contributed by atoms with E-state index in [0.29, 0.717) is 46.4 Å². The number of imidazole rings is 1. The largest absolute Gasteiger partial charge is 0.494 e. The molecule has 6 aromatic rings. The van der Waals surface area contributed by atoms with Crippen LogP contribution in [0.2, 0.25) is 0 Å². The van der Waals surface area contributed by atoms with E-state index in [2.05, 4.69) is 21.8 Å². The van der Waals surface area contributed by atoms with Crippen LogP contribution in [0.5, 0.6) is 5.75 Å². The molecular formula is C35H35FN8O2. The van der Waals surface area contributed by atoms with Crippen molar-refractivity contribution in [2.75, 3.05) is 13.7 Å². The molecule has 2 saturated carbocycles. The highest BCUT2D eigenvalue weighted by molar-refractivity contribution is 6.00. The molecule has 1 amide bonds. The fraction of sp³-hybridized carbons (Fsp3) is 0.371. The summed E-state index contributed by atoms with van der Waals surface area (Å²) >= 11 is 0. The molecule has 1 aliphatic heterocycles. The summed E-state index contributed by atoms with van der Waals surface area (Å²) in [6, 6.07) is 13.8. The zero-order valence-electron chi connectivity index (χ0n) is 26.1. The zero-order valence-corrected chi connectivity index (χ0v) is 26.1. The molecule has 5 aromatic heterocycles. The lowest BCUT2D eigenvalue weighted by Gasteiger charge is -2.27. The monoisotopic (exact) mass is 618 g/mol. The Hall–Kier alpha value is -4.77. The van der Waals surface area contributed by atoms with Crippen LogP contribution in [0.3, 0.4) is 0 Å². The number of halogens is 1. The second kappa shape index (κ2) is 9.86. The van der Waals surface area contributed by atoms with Gasteiger partial charge < -0.3 is 24.5 Å². The van der Waals surface area contributed by atoms with Gasteiger partial charge >= 0.3 is 0 Å². The van der Waals surface area contributed by atoms with Crippen LogP contribution in [-0.4, -0.2) is 65.3 Å². The lowest BCUT2D eigenvalue weighted by molar-refractivity contribution is 0.0700. The molecule has 6 heterocycles. The number of amides is 1. The van der Waals surface area contributed by atoms with Gasteiger partial charge in [0.2, 0.25) is 0 Å². The molecule has 10 nitrogen and oxygen atoms in total. The Morgan fingerprint density at radius 3 is 2.67 bits per heavy atom. The Bertz CT molecular complexity index is 2230. The number of hydrogen-bond donors (Lipinski definition) is 1. The van der Waals surface area contributed by atoms with Gasteiger partial charge in [0.1, 0.15) is 22.4 Å². The van der Waals surface area contributed by atoms with Gasteiger partial charge in [-0.1, -0.05) is 0 Å². The first-order chi connectivity index (χ1) is 22.3. The average molecular weight is 619 g/mol. The van der Waals surface area contributed by atoms with E-state index in [-0.39, 0.29) is 23.8 Å². The highest BCUT2D eigenvalue weighted by atomic mass is 19.1. The van der Waals surface area contributed by atoms with Crippen LogP contribution < -0.4 is 10.5 Å². The molecule has 0 radical (unpaired) electrons. The highest BCUT2D eigenvalue weighted by Gasteiger charge is 2.47. The van der Waals surface area contributed by atoms with E-state index in [9.17, 15) is 9.18 Å². The summed E-state index contributed by atoms with van der Waals surface area (Å²) in [6.07, 6.45) is 6.18. The minimum absolute atomic E-state index is 0.0150. The molecule has 2 unspecified atom stereocenters. The number of benzene rings is 1. The Kier molecular flexibility index (Phi) is 5.90. The fourth-order valence-electron chi connectivity index (χ4n) is 7.78. The van der Waals surface area contributed by atoms with Crippen molar-refractivity contribution in [2.45, 2.75) is 51.2 Å². The van der Waals surface area contributed by atoms with Crippen LogP contribution in [0.4, 0.5) is 4.39 Å². The molecule has 11 heteroatoms. The van der Waals surface area contributed by atoms with Crippen LogP contribution in [0.25, 0.3) is 50.4 Å². The van der Waals surface area contributed by atoms with Crippen molar-refractivity contribution in [3.8, 4) is 28.5 Å². The minimum Gasteiger partial charge on any atom is -0.494 e. The number of carbonyl (C=O) groups excluding carboxylic acids is 1. The predicted octanol–water partition coefficient (Wildman–Crippen LogP) is 5.33. The number of carbonyl (C=O) groups is 1. The summed E-state index contributed by atoms with van der Waals surface area (Å²) in [4.78, 5) is 25.9. The van der Waals surface area contributed by atoms with Gasteiger partial charge in [-0.25, -0.2) is 18.9 Å². The number of piperidine rings is 1. The second-order valence-corrected chi connectivity index (χ2v) is 13.3. The number of methoxy groups -OCH3 is 1. The quantitative estimate of drug-likeness (QED) is 0.270. The van der Waals surface area contributed by atoms with Crippen molar-refractivity contribution in [3.05, 3.63) is 65.7 Å². The van der Waals surface area contributed by atoms with Crippen molar-refractivity contribution in [3.63, 3.8) is 0 Å². The third kappa shape index (κ3) is 4.03. The summed E-state index contributed by atoms with van der Waals surface area (Å²) in [5.74, 6) is 2.01. The number of rotatable bonds is 6. The van der Waals surface area contributed by atoms with Crippen molar-refractivity contribution >= 4 is 33.5 Å². The summed E-state index contributed by atoms with van der Waals surface area (Å²) in [5, 5.41) is 5.25. The fourth-order valence-corrected chi connectivity index (χ4v) is 7.78. The molecule has 1 aromatic carbocycles. The molecule has 46 heavy (non-hydrogen) atoms. The topological polar surface area (TPSA) is 108 Å². The lowest BCUT2D eigenvalue weighted by atomic mass is 10.1. The van der Waals surface area contributed by atoms with Gasteiger partial charge in [-0.15, -0.1) is 0 Å². The number of hydrogen-bond acceptors (Lipinski definition) is 6. The van der Waals surface area contributed by atoms with Crippen LogP contribution in [0, 0.1) is 24.6 Å². The number of fused-ring (bicyclic) bond motifs is 5. The van der Waals surface area contributed by atoms with E-state index in [1.807, 2.05) is 40.8 Å². The summed E-state index contributed by atoms with van der Waals surface area (Å²) in [7, 11) is 3.62. The Balaban J connectivity index is 1.15. The van der Waals surface area contributed by atoms with E-state index in [0.717, 1.165) is 58.7 Å². The first-order valence-electron chi connectivity index (χ1n) is 16.1. The van der Waals surface area contributed by atoms with Gasteiger partial charge in [0.05, 0.1) is 29.7 Å². The third-order valence-electron chi connectivity index (χ3n) is 10.5. The summed E-state index contributed by atoms with van der Waals surface area (Å²) < 4.78 is 26.5. The van der Waals surface area contributed by atoms with Crippen LogP contribution in [0.15, 0.2) is 48.7 Å². The molecular weight excluding hydrogens is 583 g/mol. The molecule has 9 rings (SSSR count). The van der Waals surface area contributed by atoms with Gasteiger partial charge in [0.15, 0.2) is 11.6 Å². The number of nitrogens with zero attached hydrogens (tertiary/aromatic N) is 7. The first kappa shape index (κ1) is 27.5. The molecule has 3 aliphatic rings. The molecule has 1 saturated heterocycles. The number of likely N-dealkylation sites (tertiary alicyclic amines) is 1. The van der Waals surface area contributed by atoms with Gasteiger partial charge in [-0.05, 0) is 86.9 Å². The molecule has 3 fully saturated rings. The maximum absolute atomic E-state index is 14.7. The van der Waals surface area contributed by atoms with Crippen LogP contribution in [0.1, 0.15) is 41.7 Å². The lowest BCUT2D eigenvalue weighted by Crippen LogP contribution is -2.41. The second-order valence-electron chi connectivity index (χ2n) is 13.3. The zero-order chi connectivity index (χ0) is 31.4. The standard InChI is InChI=1S/C35H35FN8O2/c1-18-30(36)27-13-20(10-11-44(27)40-18)24-8-6-21-14-28(42(33(21)38-24)16-19-4-5-19)34-39-25-12-23(15-29(46-3)32(25)41(34)2)35(45)43-17-22-7-9-26(43)31(22)37/h6,8,10-15,19,22,26,31H,4-5,7,9,16-17,37H2,1-3H3/t22?,26?,31-/m1/s1. The molecule has 3 atom stereocenters. The van der Waals surface area contributed by atoms with E-state index in [1.165, 1.54) is 12.8 Å². The summed E-state index contributed by atoms with van der Waals surface area (Å²) in [5.41, 5.74) is 12.7. The van der Waals surface area contributed by atoms with Gasteiger partial charge in [-0.2, -0.15) is 5.10 Å².